The van der Waals surface area contributed by atoms with Crippen LogP contribution in [0.2, 0.25) is 0 Å². The molecule has 2 N–H and O–H groups in total. The molecule has 0 bridgehead atoms. The van der Waals surface area contributed by atoms with Crippen molar-refractivity contribution in [3.8, 4) is 0 Å². The number of hydrogen-bond acceptors (Lipinski definition) is 4. The van der Waals surface area contributed by atoms with Gasteiger partial charge in [-0.1, -0.05) is 36.4 Å². The summed E-state index contributed by atoms with van der Waals surface area (Å²) in [6, 6.07) is 16.3. The molecule has 0 aliphatic carbocycles. The normalized spacial score (nSPS) is 15.9. The molecule has 5 nitrogen and oxygen atoms in total. The summed E-state index contributed by atoms with van der Waals surface area (Å²) in [7, 11) is 0. The van der Waals surface area contributed by atoms with Gasteiger partial charge in [0.2, 0.25) is 5.91 Å². The fraction of sp³-hybridized carbons (Fsp3) is 0.308. The quantitative estimate of drug-likeness (QED) is 0.546. The SMILES string of the molecule is Cl.O=C(CCN1CC=C(c2ccccc2)CC1)Nc1ccc2[nH]c(=O)c3c(c2c1)CCSC3. The van der Waals surface area contributed by atoms with Gasteiger partial charge in [-0.05, 0) is 53.5 Å². The van der Waals surface area contributed by atoms with Gasteiger partial charge in [0, 0.05) is 54.0 Å². The number of anilines is 1. The number of fused-ring (bicyclic) bond motifs is 3. The Bertz CT molecular complexity index is 1240. The van der Waals surface area contributed by atoms with E-state index < -0.39 is 0 Å². The summed E-state index contributed by atoms with van der Waals surface area (Å²) >= 11 is 1.80. The Kier molecular flexibility index (Phi) is 7.58. The molecule has 172 valence electrons. The summed E-state index contributed by atoms with van der Waals surface area (Å²) in [6.45, 7) is 2.60. The number of aromatic nitrogens is 1. The molecule has 0 atom stereocenters. The Labute approximate surface area is 204 Å². The number of pyridine rings is 1. The van der Waals surface area contributed by atoms with Crippen molar-refractivity contribution < 1.29 is 4.79 Å². The smallest absolute Gasteiger partial charge is 0.252 e. The van der Waals surface area contributed by atoms with Crippen molar-refractivity contribution >= 4 is 52.2 Å². The van der Waals surface area contributed by atoms with Gasteiger partial charge < -0.3 is 10.3 Å². The lowest BCUT2D eigenvalue weighted by Gasteiger charge is -2.26. The van der Waals surface area contributed by atoms with E-state index in [4.69, 9.17) is 0 Å². The zero-order valence-electron chi connectivity index (χ0n) is 18.4. The van der Waals surface area contributed by atoms with Gasteiger partial charge in [-0.3, -0.25) is 14.5 Å². The van der Waals surface area contributed by atoms with Crippen LogP contribution in [-0.4, -0.2) is 41.2 Å². The number of aryl methyl sites for hydroxylation is 1. The summed E-state index contributed by atoms with van der Waals surface area (Å²) < 4.78 is 0. The van der Waals surface area contributed by atoms with Gasteiger partial charge >= 0.3 is 0 Å². The molecule has 33 heavy (non-hydrogen) atoms. The molecular weight excluding hydrogens is 454 g/mol. The maximum absolute atomic E-state index is 12.6. The highest BCUT2D eigenvalue weighted by atomic mass is 35.5. The number of thioether (sulfide) groups is 1. The maximum Gasteiger partial charge on any atom is 0.252 e. The Morgan fingerprint density at radius 2 is 1.94 bits per heavy atom. The molecule has 0 saturated heterocycles. The van der Waals surface area contributed by atoms with Gasteiger partial charge in [-0.25, -0.2) is 0 Å². The second kappa shape index (κ2) is 10.6. The minimum Gasteiger partial charge on any atom is -0.326 e. The van der Waals surface area contributed by atoms with Crippen LogP contribution in [0.15, 0.2) is 59.4 Å². The van der Waals surface area contributed by atoms with Gasteiger partial charge in [0.1, 0.15) is 0 Å². The number of rotatable bonds is 5. The van der Waals surface area contributed by atoms with Crippen molar-refractivity contribution in [2.24, 2.45) is 0 Å². The number of carbonyl (C=O) groups is 1. The van der Waals surface area contributed by atoms with Gasteiger partial charge in [0.05, 0.1) is 0 Å². The zero-order chi connectivity index (χ0) is 21.9. The van der Waals surface area contributed by atoms with Crippen molar-refractivity contribution in [1.29, 1.82) is 0 Å². The van der Waals surface area contributed by atoms with E-state index in [0.29, 0.717) is 6.42 Å². The van der Waals surface area contributed by atoms with E-state index in [2.05, 4.69) is 45.5 Å². The number of halogens is 1. The molecule has 2 aliphatic heterocycles. The van der Waals surface area contributed by atoms with E-state index in [9.17, 15) is 9.59 Å². The lowest BCUT2D eigenvalue weighted by Crippen LogP contribution is -2.31. The molecule has 7 heteroatoms. The predicted molar refractivity (Wildman–Crippen MR) is 140 cm³/mol. The third kappa shape index (κ3) is 5.35. The second-order valence-corrected chi connectivity index (χ2v) is 9.52. The fourth-order valence-electron chi connectivity index (χ4n) is 4.58. The average Bonchev–Trinajstić information content (AvgIpc) is 2.84. The number of nitrogens with zero attached hydrogens (tertiary/aromatic N) is 1. The molecule has 0 fully saturated rings. The highest BCUT2D eigenvalue weighted by Crippen LogP contribution is 2.29. The van der Waals surface area contributed by atoms with Crippen LogP contribution >= 0.6 is 24.2 Å². The first-order chi connectivity index (χ1) is 15.7. The lowest BCUT2D eigenvalue weighted by molar-refractivity contribution is -0.116. The van der Waals surface area contributed by atoms with Gasteiger partial charge in [0.15, 0.2) is 0 Å². The maximum atomic E-state index is 12.6. The van der Waals surface area contributed by atoms with Crippen LogP contribution in [0.1, 0.15) is 29.5 Å². The van der Waals surface area contributed by atoms with E-state index in [1.54, 1.807) is 11.8 Å². The van der Waals surface area contributed by atoms with Crippen LogP contribution in [-0.2, 0) is 17.0 Å². The lowest BCUT2D eigenvalue weighted by atomic mass is 9.99. The first-order valence-corrected chi connectivity index (χ1v) is 12.3. The van der Waals surface area contributed by atoms with Crippen molar-refractivity contribution in [2.75, 3.05) is 30.7 Å². The number of nitrogens with one attached hydrogen (secondary N) is 2. The summed E-state index contributed by atoms with van der Waals surface area (Å²) in [5.74, 6) is 1.81. The zero-order valence-corrected chi connectivity index (χ0v) is 20.1. The predicted octanol–water partition coefficient (Wildman–Crippen LogP) is 4.86. The number of benzene rings is 2. The van der Waals surface area contributed by atoms with Crippen LogP contribution in [0.3, 0.4) is 0 Å². The molecule has 0 spiro atoms. The molecule has 3 heterocycles. The fourth-order valence-corrected chi connectivity index (χ4v) is 5.58. The van der Waals surface area contributed by atoms with Crippen molar-refractivity contribution in [3.05, 3.63) is 81.7 Å². The molecule has 2 aliphatic rings. The molecule has 3 aromatic rings. The van der Waals surface area contributed by atoms with Crippen molar-refractivity contribution in [2.45, 2.75) is 25.0 Å². The summed E-state index contributed by atoms with van der Waals surface area (Å²) in [5, 5.41) is 4.10. The third-order valence-electron chi connectivity index (χ3n) is 6.35. The molecular formula is C26H28ClN3O2S. The highest BCUT2D eigenvalue weighted by molar-refractivity contribution is 7.98. The minimum atomic E-state index is 0. The topological polar surface area (TPSA) is 65.2 Å². The molecule has 0 radical (unpaired) electrons. The summed E-state index contributed by atoms with van der Waals surface area (Å²) in [5.41, 5.74) is 6.35. The third-order valence-corrected chi connectivity index (χ3v) is 7.34. The van der Waals surface area contributed by atoms with Crippen molar-refractivity contribution in [3.63, 3.8) is 0 Å². The van der Waals surface area contributed by atoms with Crippen LogP contribution in [0.4, 0.5) is 5.69 Å². The minimum absolute atomic E-state index is 0. The van der Waals surface area contributed by atoms with Crippen LogP contribution < -0.4 is 10.9 Å². The summed E-state index contributed by atoms with van der Waals surface area (Å²) in [4.78, 5) is 30.2. The van der Waals surface area contributed by atoms with E-state index in [0.717, 1.165) is 71.7 Å². The Hall–Kier alpha value is -2.54. The number of carbonyl (C=O) groups excluding carboxylic acids is 1. The number of H-pyrrole nitrogens is 1. The van der Waals surface area contributed by atoms with Gasteiger partial charge in [-0.15, -0.1) is 12.4 Å². The highest BCUT2D eigenvalue weighted by Gasteiger charge is 2.18. The molecule has 5 rings (SSSR count). The molecule has 1 aromatic heterocycles. The van der Waals surface area contributed by atoms with Crippen LogP contribution in [0.25, 0.3) is 16.5 Å². The molecule has 1 amide bonds. The monoisotopic (exact) mass is 481 g/mol. The standard InChI is InChI=1S/C26H27N3O2S.ClH/c30-25(10-14-29-12-8-19(9-13-29)18-4-2-1-3-5-18)27-20-6-7-24-22(16-20)21-11-15-32-17-23(21)26(31)28-24;/h1-8,16H,9-15,17H2,(H,27,30)(H,28,31);1H. The van der Waals surface area contributed by atoms with Crippen LogP contribution in [0.5, 0.6) is 0 Å². The first-order valence-electron chi connectivity index (χ1n) is 11.2. The first kappa shape index (κ1) is 23.6. The number of hydrogen-bond donors (Lipinski definition) is 2. The second-order valence-electron chi connectivity index (χ2n) is 8.42. The van der Waals surface area contributed by atoms with Crippen molar-refractivity contribution in [1.82, 2.24) is 9.88 Å². The average molecular weight is 482 g/mol. The van der Waals surface area contributed by atoms with E-state index in [1.165, 1.54) is 11.1 Å². The van der Waals surface area contributed by atoms with Crippen LogP contribution in [0, 0.1) is 0 Å². The van der Waals surface area contributed by atoms with Gasteiger partial charge in [0.25, 0.3) is 5.56 Å². The molecule has 2 aromatic carbocycles. The summed E-state index contributed by atoms with van der Waals surface area (Å²) in [6.07, 6.45) is 4.65. The van der Waals surface area contributed by atoms with E-state index in [-0.39, 0.29) is 23.9 Å². The Morgan fingerprint density at radius 3 is 2.73 bits per heavy atom. The molecule has 0 saturated carbocycles. The van der Waals surface area contributed by atoms with E-state index >= 15 is 0 Å². The molecule has 0 unspecified atom stereocenters. The Balaban J connectivity index is 0.00000259. The Morgan fingerprint density at radius 1 is 1.09 bits per heavy atom. The van der Waals surface area contributed by atoms with E-state index in [1.807, 2.05) is 24.3 Å². The number of aromatic amines is 1. The largest absolute Gasteiger partial charge is 0.326 e. The van der Waals surface area contributed by atoms with Gasteiger partial charge in [-0.2, -0.15) is 11.8 Å². The number of amides is 1.